The molecule has 19 heavy (non-hydrogen) atoms. The van der Waals surface area contributed by atoms with E-state index in [1.807, 2.05) is 43.8 Å². The van der Waals surface area contributed by atoms with Crippen LogP contribution in [-0.4, -0.2) is 9.78 Å². The molecule has 0 spiro atoms. The second kappa shape index (κ2) is 5.74. The van der Waals surface area contributed by atoms with E-state index in [9.17, 15) is 0 Å². The molecule has 0 saturated heterocycles. The third-order valence-electron chi connectivity index (χ3n) is 3.23. The van der Waals surface area contributed by atoms with E-state index in [0.29, 0.717) is 0 Å². The minimum Gasteiger partial charge on any atom is -0.271 e. The number of halogens is 1. The Hall–Kier alpha value is -1.36. The standard InChI is InChI=1S/C14H19ClN4/c1-9-4-5-11(12(15)6-9)8-13(17-16)14-7-10(2)18-19(14)3/h4-7,13,17H,8,16H2,1-3H3. The van der Waals surface area contributed by atoms with Crippen LogP contribution < -0.4 is 11.3 Å². The van der Waals surface area contributed by atoms with Crippen LogP contribution in [0.4, 0.5) is 0 Å². The molecule has 0 aliphatic heterocycles. The van der Waals surface area contributed by atoms with Gasteiger partial charge >= 0.3 is 0 Å². The average molecular weight is 279 g/mol. The Morgan fingerprint density at radius 1 is 1.37 bits per heavy atom. The Morgan fingerprint density at radius 2 is 2.11 bits per heavy atom. The van der Waals surface area contributed by atoms with Gasteiger partial charge in [0.25, 0.3) is 0 Å². The van der Waals surface area contributed by atoms with Crippen molar-refractivity contribution in [1.29, 1.82) is 0 Å². The zero-order chi connectivity index (χ0) is 14.0. The van der Waals surface area contributed by atoms with Crippen molar-refractivity contribution in [1.82, 2.24) is 15.2 Å². The summed E-state index contributed by atoms with van der Waals surface area (Å²) in [5.74, 6) is 5.68. The zero-order valence-electron chi connectivity index (χ0n) is 11.4. The Balaban J connectivity index is 2.26. The quantitative estimate of drug-likeness (QED) is 0.667. The number of hydrazine groups is 1. The molecule has 1 heterocycles. The fraction of sp³-hybridized carbons (Fsp3) is 0.357. The monoisotopic (exact) mass is 278 g/mol. The highest BCUT2D eigenvalue weighted by atomic mass is 35.5. The number of nitrogens with one attached hydrogen (secondary N) is 1. The van der Waals surface area contributed by atoms with Gasteiger partial charge in [0, 0.05) is 12.1 Å². The van der Waals surface area contributed by atoms with Crippen molar-refractivity contribution in [2.24, 2.45) is 12.9 Å². The average Bonchev–Trinajstić information content (AvgIpc) is 2.68. The molecule has 0 fully saturated rings. The van der Waals surface area contributed by atoms with E-state index < -0.39 is 0 Å². The summed E-state index contributed by atoms with van der Waals surface area (Å²) in [5.41, 5.74) is 7.11. The van der Waals surface area contributed by atoms with E-state index in [1.54, 1.807) is 0 Å². The summed E-state index contributed by atoms with van der Waals surface area (Å²) in [6, 6.07) is 8.10. The van der Waals surface area contributed by atoms with E-state index in [1.165, 1.54) is 0 Å². The highest BCUT2D eigenvalue weighted by Crippen LogP contribution is 2.24. The zero-order valence-corrected chi connectivity index (χ0v) is 12.2. The highest BCUT2D eigenvalue weighted by molar-refractivity contribution is 6.31. The van der Waals surface area contributed by atoms with Crippen molar-refractivity contribution in [3.05, 3.63) is 51.8 Å². The first-order valence-corrected chi connectivity index (χ1v) is 6.60. The Bertz CT molecular complexity index is 577. The summed E-state index contributed by atoms with van der Waals surface area (Å²) in [5, 5.41) is 5.12. The summed E-state index contributed by atoms with van der Waals surface area (Å²) in [4.78, 5) is 0. The predicted octanol–water partition coefficient (Wildman–Crippen LogP) is 2.44. The minimum atomic E-state index is -0.00796. The molecule has 0 amide bonds. The highest BCUT2D eigenvalue weighted by Gasteiger charge is 2.16. The van der Waals surface area contributed by atoms with Crippen LogP contribution in [0.1, 0.15) is 28.6 Å². The molecule has 0 saturated carbocycles. The molecule has 0 radical (unpaired) electrons. The normalized spacial score (nSPS) is 12.7. The van der Waals surface area contributed by atoms with Gasteiger partial charge in [0.1, 0.15) is 0 Å². The van der Waals surface area contributed by atoms with Crippen LogP contribution in [0.3, 0.4) is 0 Å². The maximum absolute atomic E-state index is 6.27. The molecule has 0 aliphatic rings. The third-order valence-corrected chi connectivity index (χ3v) is 3.58. The molecule has 2 aromatic rings. The Kier molecular flexibility index (Phi) is 4.24. The first-order chi connectivity index (χ1) is 9.01. The SMILES string of the molecule is Cc1ccc(CC(NN)c2cc(C)nn2C)c(Cl)c1. The van der Waals surface area contributed by atoms with Crippen LogP contribution in [-0.2, 0) is 13.5 Å². The van der Waals surface area contributed by atoms with E-state index in [2.05, 4.69) is 16.6 Å². The number of hydrogen-bond acceptors (Lipinski definition) is 3. The van der Waals surface area contributed by atoms with E-state index in [4.69, 9.17) is 17.4 Å². The van der Waals surface area contributed by atoms with Crippen LogP contribution >= 0.6 is 11.6 Å². The molecule has 1 aromatic carbocycles. The van der Waals surface area contributed by atoms with Crippen molar-refractivity contribution in [2.75, 3.05) is 0 Å². The molecule has 1 aromatic heterocycles. The molecule has 4 nitrogen and oxygen atoms in total. The number of nitrogens with two attached hydrogens (primary N) is 1. The number of rotatable bonds is 4. The molecule has 1 atom stereocenters. The van der Waals surface area contributed by atoms with Gasteiger partial charge in [-0.05, 0) is 43.5 Å². The van der Waals surface area contributed by atoms with Gasteiger partial charge in [0.15, 0.2) is 0 Å². The lowest BCUT2D eigenvalue weighted by molar-refractivity contribution is 0.508. The molecule has 2 rings (SSSR count). The van der Waals surface area contributed by atoms with Crippen LogP contribution in [0.25, 0.3) is 0 Å². The number of hydrogen-bond donors (Lipinski definition) is 2. The van der Waals surface area contributed by atoms with Crippen molar-refractivity contribution in [3.8, 4) is 0 Å². The number of aryl methyl sites for hydroxylation is 3. The van der Waals surface area contributed by atoms with E-state index in [0.717, 1.165) is 34.0 Å². The van der Waals surface area contributed by atoms with Gasteiger partial charge in [-0.25, -0.2) is 0 Å². The van der Waals surface area contributed by atoms with Crippen molar-refractivity contribution in [2.45, 2.75) is 26.3 Å². The summed E-state index contributed by atoms with van der Waals surface area (Å²) >= 11 is 6.27. The van der Waals surface area contributed by atoms with Gasteiger partial charge in [-0.1, -0.05) is 23.7 Å². The molecule has 1 unspecified atom stereocenters. The lowest BCUT2D eigenvalue weighted by atomic mass is 10.0. The molecule has 0 bridgehead atoms. The van der Waals surface area contributed by atoms with Crippen LogP contribution in [0.15, 0.2) is 24.3 Å². The van der Waals surface area contributed by atoms with Crippen LogP contribution in [0.5, 0.6) is 0 Å². The molecular formula is C14H19ClN4. The first-order valence-electron chi connectivity index (χ1n) is 6.23. The lowest BCUT2D eigenvalue weighted by Crippen LogP contribution is -2.31. The fourth-order valence-electron chi connectivity index (χ4n) is 2.24. The van der Waals surface area contributed by atoms with Crippen LogP contribution in [0.2, 0.25) is 5.02 Å². The predicted molar refractivity (Wildman–Crippen MR) is 77.9 cm³/mol. The fourth-order valence-corrected chi connectivity index (χ4v) is 2.56. The van der Waals surface area contributed by atoms with E-state index in [-0.39, 0.29) is 6.04 Å². The third kappa shape index (κ3) is 3.15. The minimum absolute atomic E-state index is 0.00796. The van der Waals surface area contributed by atoms with Crippen molar-refractivity contribution >= 4 is 11.6 Å². The van der Waals surface area contributed by atoms with Gasteiger partial charge in [0.05, 0.1) is 17.4 Å². The Morgan fingerprint density at radius 3 is 2.63 bits per heavy atom. The maximum atomic E-state index is 6.27. The van der Waals surface area contributed by atoms with E-state index >= 15 is 0 Å². The summed E-state index contributed by atoms with van der Waals surface area (Å²) in [6.07, 6.45) is 0.731. The molecular weight excluding hydrogens is 260 g/mol. The number of benzene rings is 1. The largest absolute Gasteiger partial charge is 0.271 e. The topological polar surface area (TPSA) is 55.9 Å². The first kappa shape index (κ1) is 14.1. The number of nitrogens with zero attached hydrogens (tertiary/aromatic N) is 2. The number of aromatic nitrogens is 2. The summed E-state index contributed by atoms with van der Waals surface area (Å²) in [6.45, 7) is 3.99. The van der Waals surface area contributed by atoms with Gasteiger partial charge < -0.3 is 0 Å². The van der Waals surface area contributed by atoms with Crippen molar-refractivity contribution in [3.63, 3.8) is 0 Å². The smallest absolute Gasteiger partial charge is 0.0669 e. The maximum Gasteiger partial charge on any atom is 0.0669 e. The lowest BCUT2D eigenvalue weighted by Gasteiger charge is -2.17. The van der Waals surface area contributed by atoms with Crippen LogP contribution in [0, 0.1) is 13.8 Å². The van der Waals surface area contributed by atoms with Gasteiger partial charge in [-0.2, -0.15) is 5.10 Å². The molecule has 3 N–H and O–H groups in total. The van der Waals surface area contributed by atoms with Gasteiger partial charge in [-0.15, -0.1) is 0 Å². The Labute approximate surface area is 118 Å². The summed E-state index contributed by atoms with van der Waals surface area (Å²) in [7, 11) is 1.92. The molecule has 0 aliphatic carbocycles. The molecule has 102 valence electrons. The summed E-state index contributed by atoms with van der Waals surface area (Å²) < 4.78 is 1.85. The second-order valence-corrected chi connectivity index (χ2v) is 5.26. The molecule has 5 heteroatoms. The van der Waals surface area contributed by atoms with Crippen molar-refractivity contribution < 1.29 is 0 Å². The van der Waals surface area contributed by atoms with Gasteiger partial charge in [-0.3, -0.25) is 16.0 Å². The second-order valence-electron chi connectivity index (χ2n) is 4.85. The van der Waals surface area contributed by atoms with Gasteiger partial charge in [0.2, 0.25) is 0 Å².